The van der Waals surface area contributed by atoms with Crippen LogP contribution in [0.1, 0.15) is 11.1 Å². The molecule has 0 aromatic heterocycles. The van der Waals surface area contributed by atoms with E-state index in [1.807, 2.05) is 48.5 Å². The lowest BCUT2D eigenvalue weighted by Crippen LogP contribution is -2.12. The summed E-state index contributed by atoms with van der Waals surface area (Å²) < 4.78 is 11.0. The second-order valence-electron chi connectivity index (χ2n) is 5.10. The predicted molar refractivity (Wildman–Crippen MR) is 90.2 cm³/mol. The van der Waals surface area contributed by atoms with E-state index in [9.17, 15) is 0 Å². The number of amidine groups is 2. The van der Waals surface area contributed by atoms with Crippen LogP contribution in [0.4, 0.5) is 0 Å². The van der Waals surface area contributed by atoms with Crippen molar-refractivity contribution in [3.63, 3.8) is 0 Å². The molecule has 6 nitrogen and oxygen atoms in total. The topological polar surface area (TPSA) is 118 Å². The Morgan fingerprint density at radius 3 is 1.35 bits per heavy atom. The van der Waals surface area contributed by atoms with Gasteiger partial charge in [-0.2, -0.15) is 0 Å². The molecule has 23 heavy (non-hydrogen) atoms. The first-order valence-corrected chi connectivity index (χ1v) is 7.12. The third kappa shape index (κ3) is 5.70. The second-order valence-corrected chi connectivity index (χ2v) is 5.10. The summed E-state index contributed by atoms with van der Waals surface area (Å²) in [5, 5.41) is 14.5. The zero-order valence-electron chi connectivity index (χ0n) is 12.7. The number of rotatable bonds is 8. The molecule has 0 unspecified atom stereocenters. The van der Waals surface area contributed by atoms with Crippen LogP contribution in [0, 0.1) is 10.8 Å². The van der Waals surface area contributed by atoms with E-state index in [4.69, 9.17) is 31.8 Å². The minimum absolute atomic E-state index is 0.0953. The smallest absolute Gasteiger partial charge is 0.230 e. The highest BCUT2D eigenvalue weighted by Gasteiger charge is 2.00. The molecule has 0 aliphatic carbocycles. The minimum Gasteiger partial charge on any atom is -0.458 e. The number of hydrogen-bond acceptors (Lipinski definition) is 4. The Kier molecular flexibility index (Phi) is 5.57. The molecule has 0 aliphatic rings. The highest BCUT2D eigenvalue weighted by atomic mass is 16.7. The van der Waals surface area contributed by atoms with Crippen molar-refractivity contribution in [2.45, 2.75) is 12.8 Å². The average molecular weight is 312 g/mol. The van der Waals surface area contributed by atoms with E-state index < -0.39 is 0 Å². The summed E-state index contributed by atoms with van der Waals surface area (Å²) in [6, 6.07) is 14.7. The molecular formula is C17H20N4O2. The Labute approximate surface area is 135 Å². The molecule has 0 saturated carbocycles. The molecule has 6 heteroatoms. The van der Waals surface area contributed by atoms with Crippen LogP contribution in [0.15, 0.2) is 48.5 Å². The van der Waals surface area contributed by atoms with Gasteiger partial charge in [-0.3, -0.25) is 10.8 Å². The maximum Gasteiger partial charge on any atom is 0.230 e. The molecule has 120 valence electrons. The van der Waals surface area contributed by atoms with Crippen LogP contribution < -0.4 is 20.9 Å². The molecule has 2 aromatic carbocycles. The monoisotopic (exact) mass is 312 g/mol. The highest BCUT2D eigenvalue weighted by Crippen LogP contribution is 2.15. The fourth-order valence-electron chi connectivity index (χ4n) is 2.01. The van der Waals surface area contributed by atoms with Crippen molar-refractivity contribution in [1.29, 1.82) is 10.8 Å². The average Bonchev–Trinajstić information content (AvgIpc) is 2.50. The largest absolute Gasteiger partial charge is 0.458 e. The number of benzene rings is 2. The predicted octanol–water partition coefficient (Wildman–Crippen LogP) is 2.06. The molecule has 0 spiro atoms. The molecule has 0 fully saturated rings. The SMILES string of the molecule is N=C(N)Cc1ccc(OCOc2ccc(CC(=N)N)cc2)cc1. The fourth-order valence-corrected chi connectivity index (χ4v) is 2.01. The summed E-state index contributed by atoms with van der Waals surface area (Å²) in [6.45, 7) is 0.0953. The van der Waals surface area contributed by atoms with Crippen molar-refractivity contribution in [3.05, 3.63) is 59.7 Å². The Balaban J connectivity index is 1.80. The van der Waals surface area contributed by atoms with Gasteiger partial charge in [0.15, 0.2) is 0 Å². The number of ether oxygens (including phenoxy) is 2. The van der Waals surface area contributed by atoms with Gasteiger partial charge in [0.2, 0.25) is 6.79 Å². The van der Waals surface area contributed by atoms with Crippen molar-refractivity contribution in [2.24, 2.45) is 11.5 Å². The van der Waals surface area contributed by atoms with Crippen LogP contribution >= 0.6 is 0 Å². The van der Waals surface area contributed by atoms with Gasteiger partial charge in [-0.25, -0.2) is 0 Å². The van der Waals surface area contributed by atoms with E-state index >= 15 is 0 Å². The molecule has 0 atom stereocenters. The summed E-state index contributed by atoms with van der Waals surface area (Å²) in [5.74, 6) is 1.64. The van der Waals surface area contributed by atoms with E-state index in [0.717, 1.165) is 11.1 Å². The van der Waals surface area contributed by atoms with Crippen molar-refractivity contribution in [1.82, 2.24) is 0 Å². The van der Waals surface area contributed by atoms with Crippen LogP contribution in [0.2, 0.25) is 0 Å². The van der Waals surface area contributed by atoms with Gasteiger partial charge in [-0.15, -0.1) is 0 Å². The van der Waals surface area contributed by atoms with Crippen molar-refractivity contribution < 1.29 is 9.47 Å². The van der Waals surface area contributed by atoms with Gasteiger partial charge in [-0.1, -0.05) is 24.3 Å². The molecule has 0 amide bonds. The van der Waals surface area contributed by atoms with E-state index in [-0.39, 0.29) is 18.5 Å². The van der Waals surface area contributed by atoms with Crippen LogP contribution in [0.5, 0.6) is 11.5 Å². The summed E-state index contributed by atoms with van der Waals surface area (Å²) in [5.41, 5.74) is 12.6. The number of nitrogens with two attached hydrogens (primary N) is 2. The fraction of sp³-hybridized carbons (Fsp3) is 0.176. The molecule has 6 N–H and O–H groups in total. The van der Waals surface area contributed by atoms with Gasteiger partial charge in [0.05, 0.1) is 11.7 Å². The molecule has 0 radical (unpaired) electrons. The maximum absolute atomic E-state index is 7.25. The lowest BCUT2D eigenvalue weighted by molar-refractivity contribution is 0.120. The minimum atomic E-state index is 0.0953. The first-order chi connectivity index (χ1) is 11.0. The molecular weight excluding hydrogens is 292 g/mol. The maximum atomic E-state index is 7.25. The summed E-state index contributed by atoms with van der Waals surface area (Å²) >= 11 is 0. The van der Waals surface area contributed by atoms with Gasteiger partial charge in [0.25, 0.3) is 0 Å². The standard InChI is InChI=1S/C17H20N4O2/c18-16(19)9-12-1-5-14(6-2-12)22-11-23-15-7-3-13(4-8-15)10-17(20)21/h1-8H,9-11H2,(H3,18,19)(H3,20,21). The van der Waals surface area contributed by atoms with E-state index in [0.29, 0.717) is 24.3 Å². The molecule has 2 rings (SSSR count). The summed E-state index contributed by atoms with van der Waals surface area (Å²) in [7, 11) is 0. The van der Waals surface area contributed by atoms with Crippen LogP contribution in [0.25, 0.3) is 0 Å². The van der Waals surface area contributed by atoms with Crippen molar-refractivity contribution >= 4 is 11.7 Å². The molecule has 0 saturated heterocycles. The first-order valence-electron chi connectivity index (χ1n) is 7.12. The molecule has 0 heterocycles. The van der Waals surface area contributed by atoms with E-state index in [1.54, 1.807) is 0 Å². The van der Waals surface area contributed by atoms with Crippen molar-refractivity contribution in [3.8, 4) is 11.5 Å². The molecule has 0 aliphatic heterocycles. The Morgan fingerprint density at radius 1 is 0.696 bits per heavy atom. The Morgan fingerprint density at radius 2 is 1.04 bits per heavy atom. The summed E-state index contributed by atoms with van der Waals surface area (Å²) in [6.07, 6.45) is 0.868. The van der Waals surface area contributed by atoms with Gasteiger partial charge in [0.1, 0.15) is 11.5 Å². The number of hydrogen-bond donors (Lipinski definition) is 4. The van der Waals surface area contributed by atoms with Gasteiger partial charge in [0, 0.05) is 12.8 Å². The van der Waals surface area contributed by atoms with Crippen LogP contribution in [-0.4, -0.2) is 18.5 Å². The molecule has 2 aromatic rings. The second kappa shape index (κ2) is 7.84. The van der Waals surface area contributed by atoms with E-state index in [1.165, 1.54) is 0 Å². The summed E-state index contributed by atoms with van der Waals surface area (Å²) in [4.78, 5) is 0. The van der Waals surface area contributed by atoms with Crippen LogP contribution in [0.3, 0.4) is 0 Å². The highest BCUT2D eigenvalue weighted by molar-refractivity contribution is 5.79. The quantitative estimate of drug-likeness (QED) is 0.339. The van der Waals surface area contributed by atoms with Gasteiger partial charge >= 0.3 is 0 Å². The van der Waals surface area contributed by atoms with Gasteiger partial charge in [-0.05, 0) is 35.4 Å². The lowest BCUT2D eigenvalue weighted by Gasteiger charge is -2.09. The Bertz CT molecular complexity index is 606. The van der Waals surface area contributed by atoms with Crippen molar-refractivity contribution in [2.75, 3.05) is 6.79 Å². The zero-order chi connectivity index (χ0) is 16.7. The van der Waals surface area contributed by atoms with Crippen LogP contribution in [-0.2, 0) is 12.8 Å². The normalized spacial score (nSPS) is 10.1. The Hall–Kier alpha value is -3.02. The third-order valence-electron chi connectivity index (χ3n) is 3.09. The number of nitrogens with one attached hydrogen (secondary N) is 2. The zero-order valence-corrected chi connectivity index (χ0v) is 12.7. The third-order valence-corrected chi connectivity index (χ3v) is 3.09. The molecule has 0 bridgehead atoms. The van der Waals surface area contributed by atoms with E-state index in [2.05, 4.69) is 0 Å². The lowest BCUT2D eigenvalue weighted by atomic mass is 10.1. The first kappa shape index (κ1) is 16.4. The van der Waals surface area contributed by atoms with Gasteiger partial charge < -0.3 is 20.9 Å².